The molecular formula is C62H57ClN4NaO14S2+. The Labute approximate surface area is 514 Å². The van der Waals surface area contributed by atoms with Crippen LogP contribution >= 0.6 is 11.6 Å². The zero-order valence-electron chi connectivity index (χ0n) is 48.1. The molecule has 5 N–H and O–H groups in total. The molecule has 2 amide bonds. The smallest absolute Gasteiger partial charge is 0.744 e. The van der Waals surface area contributed by atoms with Crippen LogP contribution in [-0.4, -0.2) is 49.3 Å². The van der Waals surface area contributed by atoms with Gasteiger partial charge in [0.2, 0.25) is 11.0 Å². The van der Waals surface area contributed by atoms with E-state index in [9.17, 15) is 45.1 Å². The summed E-state index contributed by atoms with van der Waals surface area (Å²) in [6, 6.07) is 41.0. The van der Waals surface area contributed by atoms with Crippen LogP contribution in [0.4, 0.5) is 42.8 Å². The number of ketones is 1. The Kier molecular flexibility index (Phi) is 21.1. The van der Waals surface area contributed by atoms with Crippen molar-refractivity contribution >= 4 is 94.6 Å². The number of aryl methyl sites for hydroxylation is 5. The summed E-state index contributed by atoms with van der Waals surface area (Å²) < 4.78 is 105. The minimum absolute atomic E-state index is 0. The standard InChI is InChI=1S/C52H46N4O11S2.C7H5ClO2.C3H6O.Na/c1-28-24-38-42(26-40(28)53-47-29(2)22-31(4)49(33(47)6)55-51(57)65-35-16-10-8-11-17-35)67-43-27-41(45(69(62,63)64)25-39(43)46(38)37-20-14-15-21-44(37)68(59,60)61)54-48-30(3)23-32(5)50(34(48)7)56-52(58)66-36-18-12-9-13-19-36;8-7(9)10-6-4-2-1-3-5-6;1-3(2)4;/h8-27,53H,1-7H3,(H,55,57)(H,56,58)(H,59,60,61)(H,62,63,64);1-5H;1-2H3;/q;;;+1/i;;1D;. The van der Waals surface area contributed by atoms with Gasteiger partial charge in [0.25, 0.3) is 10.1 Å². The number of rotatable bonds is 11. The van der Waals surface area contributed by atoms with E-state index in [1.165, 1.54) is 31.2 Å². The van der Waals surface area contributed by atoms with Crippen molar-refractivity contribution in [2.45, 2.75) is 72.1 Å². The molecule has 0 aromatic heterocycles. The number of benzene rings is 8. The number of hydrogen-bond donors (Lipinski definition) is 5. The van der Waals surface area contributed by atoms with Gasteiger partial charge in [-0.3, -0.25) is 15.2 Å². The number of ether oxygens (including phenoxy) is 3. The first-order valence-electron chi connectivity index (χ1n) is 25.9. The summed E-state index contributed by atoms with van der Waals surface area (Å²) >= 11 is 4.95. The molecule has 0 radical (unpaired) electrons. The summed E-state index contributed by atoms with van der Waals surface area (Å²) in [6.07, 6.45) is -1.45. The third kappa shape index (κ3) is 16.3. The fourth-order valence-electron chi connectivity index (χ4n) is 9.14. The summed E-state index contributed by atoms with van der Waals surface area (Å²) in [7, 11) is -10.1. The third-order valence-corrected chi connectivity index (χ3v) is 14.5. The van der Waals surface area contributed by atoms with Crippen LogP contribution in [0.15, 0.2) is 166 Å². The number of nitrogens with one attached hydrogen (secondary N) is 4. The second kappa shape index (κ2) is 27.9. The predicted octanol–water partition coefficient (Wildman–Crippen LogP) is 9.82. The summed E-state index contributed by atoms with van der Waals surface area (Å²) in [4.78, 5) is 47.8. The summed E-state index contributed by atoms with van der Waals surface area (Å²) in [5.41, 5.74) is 6.87. The predicted molar refractivity (Wildman–Crippen MR) is 316 cm³/mol. The van der Waals surface area contributed by atoms with Gasteiger partial charge in [-0.1, -0.05) is 78.9 Å². The van der Waals surface area contributed by atoms with E-state index in [0.717, 1.165) is 17.2 Å². The molecular weight excluding hydrogens is 1150 g/mol. The Hall–Kier alpha value is -8.18. The van der Waals surface area contributed by atoms with Gasteiger partial charge in [-0.2, -0.15) is 8.42 Å². The van der Waals surface area contributed by atoms with E-state index in [1.54, 1.807) is 131 Å². The zero-order valence-corrected chi connectivity index (χ0v) is 51.5. The van der Waals surface area contributed by atoms with Crippen molar-refractivity contribution in [3.63, 3.8) is 0 Å². The second-order valence-electron chi connectivity index (χ2n) is 18.9. The molecule has 0 unspecified atom stereocenters. The van der Waals surface area contributed by atoms with Crippen molar-refractivity contribution in [3.8, 4) is 39.7 Å². The molecule has 0 atom stereocenters. The number of anilines is 4. The van der Waals surface area contributed by atoms with Crippen LogP contribution in [0.3, 0.4) is 0 Å². The minimum atomic E-state index is -5.28. The van der Waals surface area contributed by atoms with Crippen molar-refractivity contribution < 1.29 is 99.7 Å². The molecule has 2 aliphatic rings. The topological polar surface area (TPSA) is 271 Å². The molecule has 84 heavy (non-hydrogen) atoms. The molecule has 7 aromatic rings. The van der Waals surface area contributed by atoms with Crippen LogP contribution in [-0.2, 0) is 25.0 Å². The van der Waals surface area contributed by atoms with Gasteiger partial charge in [-0.15, -0.1) is 0 Å². The molecule has 0 fully saturated rings. The summed E-state index contributed by atoms with van der Waals surface area (Å²) in [5.74, 6) is 1.10. The largest absolute Gasteiger partial charge is 1.00 e. The zero-order chi connectivity index (χ0) is 61.2. The first-order valence-corrected chi connectivity index (χ1v) is 28.4. The number of Topliss-reactive ketones (excluding diaryl/α,β-unsaturated/α-hetero) is 1. The number of fused-ring (bicyclic) bond motifs is 2. The molecule has 7 aromatic carbocycles. The average Bonchev–Trinajstić information content (AvgIpc) is 0.938. The van der Waals surface area contributed by atoms with E-state index in [2.05, 4.69) is 25.7 Å². The fourth-order valence-corrected chi connectivity index (χ4v) is 10.6. The average molecular weight is 1210 g/mol. The van der Waals surface area contributed by atoms with Crippen molar-refractivity contribution in [2.24, 2.45) is 0 Å². The SMILES string of the molecule is Cc1cc2c(-c3ccccc3S(=O)(=O)O)c3cc(S(=O)(=O)[O-])c(=[NH+]c4c(C)cc(C)c(NC(=O)Oc5ccccc5)c4C)cc-3oc2cc1Nc1c(C)cc(C)c(NC(=O)Oc2ccccc2)c1C.O=C(Cl)Oc1ccccc1.[2H]CC(C)=O.[Na+]. The van der Waals surface area contributed by atoms with Gasteiger partial charge in [-0.25, -0.2) is 27.8 Å². The molecule has 0 spiro atoms. The molecule has 22 heteroatoms. The third-order valence-electron chi connectivity index (χ3n) is 12.6. The maximum Gasteiger partial charge on any atom is 1.00 e. The Morgan fingerprint density at radius 1 is 0.595 bits per heavy atom. The molecule has 0 saturated carbocycles. The van der Waals surface area contributed by atoms with Gasteiger partial charge in [0, 0.05) is 63.6 Å². The van der Waals surface area contributed by atoms with Crippen LogP contribution in [0.1, 0.15) is 54.1 Å². The van der Waals surface area contributed by atoms with Crippen LogP contribution < -0.4 is 70.1 Å². The summed E-state index contributed by atoms with van der Waals surface area (Å²) in [6.45, 7) is 14.0. The van der Waals surface area contributed by atoms with E-state index in [0.29, 0.717) is 78.9 Å². The van der Waals surface area contributed by atoms with Crippen LogP contribution in [0.25, 0.3) is 33.4 Å². The van der Waals surface area contributed by atoms with E-state index < -0.39 is 47.6 Å². The van der Waals surface area contributed by atoms with Crippen molar-refractivity contribution in [3.05, 3.63) is 196 Å². The summed E-state index contributed by atoms with van der Waals surface area (Å²) in [5, 5.41) is 9.29. The molecule has 1 aliphatic carbocycles. The van der Waals surface area contributed by atoms with Gasteiger partial charge < -0.3 is 33.3 Å². The number of hydrogen-bond acceptors (Lipinski definition) is 14. The van der Waals surface area contributed by atoms with E-state index in [-0.39, 0.29) is 75.6 Å². The number of halogens is 1. The van der Waals surface area contributed by atoms with Crippen LogP contribution in [0, 0.1) is 48.5 Å². The first kappa shape index (κ1) is 63.4. The second-order valence-corrected chi connectivity index (χ2v) is 22.0. The fraction of sp³-hybridized carbons (Fsp3) is 0.145. The number of carbonyl (C=O) groups is 4. The monoisotopic (exact) mass is 1200 g/mol. The molecule has 18 nitrogen and oxygen atoms in total. The number of amides is 2. The first-order chi connectivity index (χ1) is 39.7. The maximum atomic E-state index is 13.3. The molecule has 9 rings (SSSR count). The van der Waals surface area contributed by atoms with Crippen LogP contribution in [0.5, 0.6) is 17.2 Å². The van der Waals surface area contributed by atoms with Gasteiger partial charge in [0.05, 0.1) is 17.4 Å². The van der Waals surface area contributed by atoms with Gasteiger partial charge in [-0.05, 0) is 151 Å². The van der Waals surface area contributed by atoms with Crippen LogP contribution in [0.2, 0.25) is 0 Å². The van der Waals surface area contributed by atoms with Crippen molar-refractivity contribution in [1.29, 1.82) is 0 Å². The molecule has 1 aliphatic heterocycles. The number of para-hydroxylation sites is 3. The van der Waals surface area contributed by atoms with Crippen molar-refractivity contribution in [1.82, 2.24) is 0 Å². The Bertz CT molecular complexity index is 4270. The normalized spacial score (nSPS) is 11.4. The Balaban J connectivity index is 0.000000634. The Morgan fingerprint density at radius 3 is 1.57 bits per heavy atom. The van der Waals surface area contributed by atoms with E-state index in [1.807, 2.05) is 39.0 Å². The van der Waals surface area contributed by atoms with Gasteiger partial charge >= 0.3 is 47.2 Å². The van der Waals surface area contributed by atoms with Gasteiger partial charge in [0.15, 0.2) is 0 Å². The molecule has 428 valence electrons. The quantitative estimate of drug-likeness (QED) is 0.0349. The van der Waals surface area contributed by atoms with E-state index in [4.69, 9.17) is 26.9 Å². The Morgan fingerprint density at radius 2 is 1.07 bits per heavy atom. The molecule has 0 bridgehead atoms. The molecule has 1 heterocycles. The molecule has 0 saturated heterocycles. The maximum absolute atomic E-state index is 13.3. The van der Waals surface area contributed by atoms with E-state index >= 15 is 0 Å². The minimum Gasteiger partial charge on any atom is -0.744 e. The number of carbonyl (C=O) groups excluding carboxylic acids is 4. The van der Waals surface area contributed by atoms with Crippen molar-refractivity contribution in [2.75, 3.05) is 16.0 Å². The van der Waals surface area contributed by atoms with Gasteiger partial charge in [0.1, 0.15) is 54.3 Å².